The molecule has 6 heteroatoms. The van der Waals surface area contributed by atoms with Crippen molar-refractivity contribution in [3.63, 3.8) is 0 Å². The van der Waals surface area contributed by atoms with Crippen molar-refractivity contribution in [3.05, 3.63) is 60.8 Å². The van der Waals surface area contributed by atoms with E-state index in [1.807, 2.05) is 0 Å². The average Bonchev–Trinajstić information content (AvgIpc) is 3.30. The van der Waals surface area contributed by atoms with Gasteiger partial charge < -0.3 is 14.2 Å². The van der Waals surface area contributed by atoms with Gasteiger partial charge in [-0.2, -0.15) is 0 Å². The number of rotatable bonds is 50. The maximum Gasteiger partial charge on any atom is 0.306 e. The number of hydrogen-bond acceptors (Lipinski definition) is 6. The Hall–Kier alpha value is -2.89. The van der Waals surface area contributed by atoms with E-state index in [-0.39, 0.29) is 37.5 Å². The van der Waals surface area contributed by atoms with Gasteiger partial charge in [0.15, 0.2) is 6.10 Å². The molecule has 0 radical (unpaired) electrons. The largest absolute Gasteiger partial charge is 0.462 e. The molecule has 0 fully saturated rings. The summed E-state index contributed by atoms with van der Waals surface area (Å²) in [6, 6.07) is 0. The number of ether oxygens (including phenoxy) is 3. The standard InChI is InChI=1S/C59H104O6/c1-4-7-10-13-16-19-22-24-26-28-30-32-34-37-40-43-46-49-52-58(61)64-55-56(54-63-57(60)51-48-45-42-39-36-21-18-15-12-9-6-3)65-59(62)53-50-47-44-41-38-35-33-31-29-27-25-23-20-17-14-11-8-5-2/h9,12,18,21,26,28,30,32,39,42,56H,4-8,10-11,13-17,19-20,22-25,27,29,31,33-38,40-41,43-55H2,1-3H3/b12-9-,21-18-,28-26-,32-30-,42-39-. The molecule has 1 unspecified atom stereocenters. The summed E-state index contributed by atoms with van der Waals surface area (Å²) in [4.78, 5) is 38.0. The molecule has 0 aromatic heterocycles. The van der Waals surface area contributed by atoms with Crippen molar-refractivity contribution in [2.75, 3.05) is 13.2 Å². The van der Waals surface area contributed by atoms with Gasteiger partial charge in [-0.25, -0.2) is 0 Å². The summed E-state index contributed by atoms with van der Waals surface area (Å²) in [7, 11) is 0. The van der Waals surface area contributed by atoms with E-state index in [0.29, 0.717) is 19.3 Å². The third-order valence-corrected chi connectivity index (χ3v) is 12.0. The van der Waals surface area contributed by atoms with Gasteiger partial charge in [-0.1, -0.05) is 248 Å². The van der Waals surface area contributed by atoms with Gasteiger partial charge in [0.25, 0.3) is 0 Å². The van der Waals surface area contributed by atoms with Crippen LogP contribution in [0.1, 0.15) is 278 Å². The Morgan fingerprint density at radius 1 is 0.338 bits per heavy atom. The molecule has 6 nitrogen and oxygen atoms in total. The highest BCUT2D eigenvalue weighted by molar-refractivity contribution is 5.71. The first-order chi connectivity index (χ1) is 32.0. The van der Waals surface area contributed by atoms with Crippen LogP contribution in [0.3, 0.4) is 0 Å². The van der Waals surface area contributed by atoms with Gasteiger partial charge in [-0.05, 0) is 70.6 Å². The summed E-state index contributed by atoms with van der Waals surface area (Å²) in [5.74, 6) is -0.956. The number of esters is 3. The minimum atomic E-state index is -0.798. The number of hydrogen-bond donors (Lipinski definition) is 0. The van der Waals surface area contributed by atoms with Crippen molar-refractivity contribution in [2.45, 2.75) is 284 Å². The molecule has 0 aromatic rings. The summed E-state index contributed by atoms with van der Waals surface area (Å²) in [6.07, 6.45) is 66.5. The summed E-state index contributed by atoms with van der Waals surface area (Å²) in [5, 5.41) is 0. The van der Waals surface area contributed by atoms with Gasteiger partial charge in [0, 0.05) is 19.3 Å². The SMILES string of the molecule is CC/C=C\C/C=C\C/C=C\CCCC(=O)OCC(COC(=O)CCCCCCC/C=C\C=C/CCCCCCCCC)OC(=O)CCCCCCCCCCCCCCCCCCCC. The molecule has 0 aliphatic heterocycles. The second kappa shape index (κ2) is 53.7. The van der Waals surface area contributed by atoms with Crippen LogP contribution in [-0.2, 0) is 28.6 Å². The van der Waals surface area contributed by atoms with Gasteiger partial charge in [-0.3, -0.25) is 14.4 Å². The van der Waals surface area contributed by atoms with Gasteiger partial charge in [0.1, 0.15) is 13.2 Å². The molecule has 0 bridgehead atoms. The summed E-state index contributed by atoms with van der Waals surface area (Å²) < 4.78 is 16.8. The molecule has 1 atom stereocenters. The fraction of sp³-hybridized carbons (Fsp3) is 0.780. The van der Waals surface area contributed by atoms with Gasteiger partial charge >= 0.3 is 17.9 Å². The van der Waals surface area contributed by atoms with Crippen LogP contribution in [0.5, 0.6) is 0 Å². The monoisotopic (exact) mass is 909 g/mol. The second-order valence-electron chi connectivity index (χ2n) is 18.5. The molecule has 0 saturated heterocycles. The Bertz CT molecular complexity index is 1180. The first kappa shape index (κ1) is 62.1. The Balaban J connectivity index is 4.38. The molecular weight excluding hydrogens is 805 g/mol. The molecule has 0 N–H and O–H groups in total. The molecule has 0 heterocycles. The van der Waals surface area contributed by atoms with Crippen molar-refractivity contribution in [1.29, 1.82) is 0 Å². The van der Waals surface area contributed by atoms with E-state index in [1.165, 1.54) is 148 Å². The van der Waals surface area contributed by atoms with Gasteiger partial charge in [-0.15, -0.1) is 0 Å². The van der Waals surface area contributed by atoms with E-state index < -0.39 is 6.10 Å². The molecule has 0 aliphatic rings. The predicted octanol–water partition coefficient (Wildman–Crippen LogP) is 18.4. The van der Waals surface area contributed by atoms with E-state index in [1.54, 1.807) is 0 Å². The first-order valence-electron chi connectivity index (χ1n) is 27.8. The maximum absolute atomic E-state index is 12.8. The van der Waals surface area contributed by atoms with Crippen LogP contribution in [0, 0.1) is 0 Å². The molecule has 376 valence electrons. The third-order valence-electron chi connectivity index (χ3n) is 12.0. The summed E-state index contributed by atoms with van der Waals surface area (Å²) in [6.45, 7) is 6.48. The summed E-state index contributed by atoms with van der Waals surface area (Å²) >= 11 is 0. The Morgan fingerprint density at radius 2 is 0.662 bits per heavy atom. The zero-order valence-corrected chi connectivity index (χ0v) is 43.0. The normalized spacial score (nSPS) is 12.5. The highest BCUT2D eigenvalue weighted by Gasteiger charge is 2.19. The van der Waals surface area contributed by atoms with Crippen LogP contribution in [0.4, 0.5) is 0 Å². The van der Waals surface area contributed by atoms with Crippen molar-refractivity contribution in [3.8, 4) is 0 Å². The number of carbonyl (C=O) groups excluding carboxylic acids is 3. The van der Waals surface area contributed by atoms with Crippen LogP contribution in [0.2, 0.25) is 0 Å². The van der Waals surface area contributed by atoms with E-state index in [2.05, 4.69) is 81.5 Å². The maximum atomic E-state index is 12.8. The quantitative estimate of drug-likeness (QED) is 0.0199. The lowest BCUT2D eigenvalue weighted by Crippen LogP contribution is -2.30. The molecule has 0 aromatic carbocycles. The minimum Gasteiger partial charge on any atom is -0.462 e. The lowest BCUT2D eigenvalue weighted by Gasteiger charge is -2.18. The van der Waals surface area contributed by atoms with E-state index >= 15 is 0 Å². The Labute approximate surface area is 402 Å². The zero-order valence-electron chi connectivity index (χ0n) is 43.0. The lowest BCUT2D eigenvalue weighted by molar-refractivity contribution is -0.167. The Kier molecular flexibility index (Phi) is 51.3. The molecule has 0 rings (SSSR count). The minimum absolute atomic E-state index is 0.0959. The van der Waals surface area contributed by atoms with E-state index in [9.17, 15) is 14.4 Å². The lowest BCUT2D eigenvalue weighted by atomic mass is 10.0. The van der Waals surface area contributed by atoms with Crippen molar-refractivity contribution in [1.82, 2.24) is 0 Å². The van der Waals surface area contributed by atoms with Crippen LogP contribution in [-0.4, -0.2) is 37.2 Å². The van der Waals surface area contributed by atoms with Crippen LogP contribution < -0.4 is 0 Å². The molecule has 0 aliphatic carbocycles. The highest BCUT2D eigenvalue weighted by Crippen LogP contribution is 2.16. The van der Waals surface area contributed by atoms with Crippen LogP contribution in [0.25, 0.3) is 0 Å². The van der Waals surface area contributed by atoms with Gasteiger partial charge in [0.05, 0.1) is 0 Å². The number of allylic oxidation sites excluding steroid dienone is 10. The fourth-order valence-electron chi connectivity index (χ4n) is 7.87. The van der Waals surface area contributed by atoms with Crippen LogP contribution in [0.15, 0.2) is 60.8 Å². The summed E-state index contributed by atoms with van der Waals surface area (Å²) in [5.41, 5.74) is 0. The number of carbonyl (C=O) groups is 3. The molecule has 65 heavy (non-hydrogen) atoms. The van der Waals surface area contributed by atoms with E-state index in [0.717, 1.165) is 83.5 Å². The highest BCUT2D eigenvalue weighted by atomic mass is 16.6. The zero-order chi connectivity index (χ0) is 47.2. The fourth-order valence-corrected chi connectivity index (χ4v) is 7.87. The first-order valence-corrected chi connectivity index (χ1v) is 27.8. The van der Waals surface area contributed by atoms with Crippen molar-refractivity contribution < 1.29 is 28.6 Å². The third kappa shape index (κ3) is 51.9. The van der Waals surface area contributed by atoms with Gasteiger partial charge in [0.2, 0.25) is 0 Å². The smallest absolute Gasteiger partial charge is 0.306 e. The molecule has 0 amide bonds. The molecule has 0 spiro atoms. The second-order valence-corrected chi connectivity index (χ2v) is 18.5. The van der Waals surface area contributed by atoms with Crippen molar-refractivity contribution >= 4 is 17.9 Å². The van der Waals surface area contributed by atoms with Crippen LogP contribution >= 0.6 is 0 Å². The van der Waals surface area contributed by atoms with Crippen molar-refractivity contribution in [2.24, 2.45) is 0 Å². The predicted molar refractivity (Wildman–Crippen MR) is 279 cm³/mol. The Morgan fingerprint density at radius 3 is 1.08 bits per heavy atom. The number of unbranched alkanes of at least 4 members (excludes halogenated alkanes) is 30. The average molecular weight is 909 g/mol. The molecule has 0 saturated carbocycles. The van der Waals surface area contributed by atoms with E-state index in [4.69, 9.17) is 14.2 Å². The molecular formula is C59H104O6. The topological polar surface area (TPSA) is 78.9 Å².